The quantitative estimate of drug-likeness (QED) is 0.502. The monoisotopic (exact) mass is 227 g/mol. The minimum Gasteiger partial charge on any atom is -0.205 e. The molecule has 0 radical (unpaired) electrons. The Balaban J connectivity index is 2.30. The molecule has 0 unspecified atom stereocenters. The number of nitrogens with two attached hydrogens (primary N) is 1. The number of benzene rings is 1. The number of pyridine rings is 1. The largest absolute Gasteiger partial charge is 0.243 e. The Labute approximate surface area is 97.6 Å². The predicted molar refractivity (Wildman–Crippen MR) is 67.6 cm³/mol. The van der Waals surface area contributed by atoms with Crippen LogP contribution in [0.15, 0.2) is 53.4 Å². The van der Waals surface area contributed by atoms with Gasteiger partial charge < -0.3 is 0 Å². The average Bonchev–Trinajstić information content (AvgIpc) is 2.81. The Bertz CT molecular complexity index is 629. The van der Waals surface area contributed by atoms with Gasteiger partial charge >= 0.3 is 0 Å². The van der Waals surface area contributed by atoms with Crippen LogP contribution in [0.5, 0.6) is 0 Å². The summed E-state index contributed by atoms with van der Waals surface area (Å²) in [6, 6.07) is 12.4. The minimum atomic E-state index is 1.04. The number of nitrogen functional groups attached to an aromatic ring is 1. The first-order chi connectivity index (χ1) is 7.84. The van der Waals surface area contributed by atoms with E-state index in [2.05, 4.69) is 35.0 Å². The maximum atomic E-state index is 6.00. The second-order valence-electron chi connectivity index (χ2n) is 3.71. The lowest BCUT2D eigenvalue weighted by molar-refractivity contribution is -0.626. The number of rotatable bonds is 1. The van der Waals surface area contributed by atoms with Gasteiger partial charge in [0.25, 0.3) is 0 Å². The Morgan fingerprint density at radius 3 is 2.62 bits per heavy atom. The van der Waals surface area contributed by atoms with Crippen molar-refractivity contribution in [2.24, 2.45) is 0 Å². The van der Waals surface area contributed by atoms with Gasteiger partial charge in [-0.1, -0.05) is 22.9 Å². The van der Waals surface area contributed by atoms with Crippen molar-refractivity contribution in [1.29, 1.82) is 0 Å². The summed E-state index contributed by atoms with van der Waals surface area (Å²) < 4.78 is 1.68. The summed E-state index contributed by atoms with van der Waals surface area (Å²) in [7, 11) is 0. The number of aromatic nitrogens is 1. The molecule has 0 amide bonds. The zero-order valence-corrected chi connectivity index (χ0v) is 9.45. The molecule has 3 heteroatoms. The summed E-state index contributed by atoms with van der Waals surface area (Å²) in [4.78, 5) is 0. The maximum absolute atomic E-state index is 6.00. The SMILES string of the molecule is N[n+]1cc2ccccc2cc1-c1ccsc1. The molecule has 0 saturated heterocycles. The third kappa shape index (κ3) is 1.46. The molecule has 0 bridgehead atoms. The number of thiophene rings is 1. The molecular weight excluding hydrogens is 216 g/mol. The van der Waals surface area contributed by atoms with Crippen LogP contribution in [0.2, 0.25) is 0 Å². The van der Waals surface area contributed by atoms with Gasteiger partial charge in [-0.05, 0) is 22.9 Å². The zero-order chi connectivity index (χ0) is 11.0. The molecule has 0 spiro atoms. The van der Waals surface area contributed by atoms with Crippen molar-refractivity contribution in [3.8, 4) is 11.3 Å². The molecule has 2 N–H and O–H groups in total. The van der Waals surface area contributed by atoms with Crippen LogP contribution < -0.4 is 10.5 Å². The zero-order valence-electron chi connectivity index (χ0n) is 8.63. The van der Waals surface area contributed by atoms with Crippen LogP contribution in [0.25, 0.3) is 22.0 Å². The van der Waals surface area contributed by atoms with Crippen molar-refractivity contribution >= 4 is 22.1 Å². The third-order valence-electron chi connectivity index (χ3n) is 2.66. The second-order valence-corrected chi connectivity index (χ2v) is 4.49. The Morgan fingerprint density at radius 1 is 1.06 bits per heavy atom. The Kier molecular flexibility index (Phi) is 2.11. The molecule has 0 aliphatic heterocycles. The standard InChI is InChI=1S/C13H11N2S/c14-15-8-11-4-2-1-3-10(11)7-13(15)12-5-6-16-9-12/h1-9H,14H2/q+1. The van der Waals surface area contributed by atoms with Crippen LogP contribution in [-0.4, -0.2) is 0 Å². The topological polar surface area (TPSA) is 29.9 Å². The van der Waals surface area contributed by atoms with Crippen LogP contribution in [0.1, 0.15) is 0 Å². The maximum Gasteiger partial charge on any atom is 0.243 e. The summed E-state index contributed by atoms with van der Waals surface area (Å²) >= 11 is 1.68. The highest BCUT2D eigenvalue weighted by atomic mass is 32.1. The fraction of sp³-hybridized carbons (Fsp3) is 0. The van der Waals surface area contributed by atoms with Gasteiger partial charge in [0.15, 0.2) is 0 Å². The van der Waals surface area contributed by atoms with Crippen LogP contribution in [0.4, 0.5) is 0 Å². The molecule has 1 aromatic carbocycles. The van der Waals surface area contributed by atoms with E-state index in [4.69, 9.17) is 5.84 Å². The molecule has 2 nitrogen and oxygen atoms in total. The predicted octanol–water partition coefficient (Wildman–Crippen LogP) is 2.57. The first-order valence-electron chi connectivity index (χ1n) is 5.07. The molecule has 0 atom stereocenters. The lowest BCUT2D eigenvalue weighted by Crippen LogP contribution is -2.45. The minimum absolute atomic E-state index is 1.04. The van der Waals surface area contributed by atoms with Crippen molar-refractivity contribution in [3.05, 3.63) is 53.4 Å². The van der Waals surface area contributed by atoms with Crippen molar-refractivity contribution in [2.75, 3.05) is 5.84 Å². The second kappa shape index (κ2) is 3.61. The van der Waals surface area contributed by atoms with E-state index in [0.29, 0.717) is 0 Å². The van der Waals surface area contributed by atoms with Gasteiger partial charge in [0.05, 0.1) is 5.56 Å². The molecule has 3 aromatic rings. The van der Waals surface area contributed by atoms with Crippen molar-refractivity contribution in [3.63, 3.8) is 0 Å². The fourth-order valence-corrected chi connectivity index (χ4v) is 2.49. The summed E-state index contributed by atoms with van der Waals surface area (Å²) in [6.07, 6.45) is 1.96. The molecule has 0 saturated carbocycles. The molecule has 2 aromatic heterocycles. The van der Waals surface area contributed by atoms with E-state index >= 15 is 0 Å². The highest BCUT2D eigenvalue weighted by Gasteiger charge is 2.12. The van der Waals surface area contributed by atoms with Crippen LogP contribution in [-0.2, 0) is 0 Å². The van der Waals surface area contributed by atoms with Gasteiger partial charge in [-0.3, -0.25) is 0 Å². The van der Waals surface area contributed by atoms with E-state index in [1.165, 1.54) is 10.9 Å². The van der Waals surface area contributed by atoms with Gasteiger partial charge in [0, 0.05) is 16.8 Å². The molecule has 2 heterocycles. The lowest BCUT2D eigenvalue weighted by atomic mass is 10.1. The molecular formula is C13H11N2S+. The summed E-state index contributed by atoms with van der Waals surface area (Å²) in [5, 5.41) is 6.53. The van der Waals surface area contributed by atoms with E-state index in [9.17, 15) is 0 Å². The molecule has 0 aliphatic carbocycles. The highest BCUT2D eigenvalue weighted by Crippen LogP contribution is 2.21. The number of nitrogens with zero attached hydrogens (tertiary/aromatic N) is 1. The van der Waals surface area contributed by atoms with Gasteiger partial charge in [0.1, 0.15) is 0 Å². The first-order valence-corrected chi connectivity index (χ1v) is 6.01. The molecule has 0 aliphatic rings. The normalized spacial score (nSPS) is 10.8. The van der Waals surface area contributed by atoms with Crippen LogP contribution >= 0.6 is 11.3 Å². The number of hydrogen-bond donors (Lipinski definition) is 1. The van der Waals surface area contributed by atoms with E-state index in [1.807, 2.05) is 18.3 Å². The highest BCUT2D eigenvalue weighted by molar-refractivity contribution is 7.08. The molecule has 3 rings (SSSR count). The van der Waals surface area contributed by atoms with Gasteiger partial charge in [-0.2, -0.15) is 11.3 Å². The van der Waals surface area contributed by atoms with Crippen LogP contribution in [0, 0.1) is 0 Å². The third-order valence-corrected chi connectivity index (χ3v) is 3.34. The number of hydrogen-bond acceptors (Lipinski definition) is 2. The van der Waals surface area contributed by atoms with Gasteiger partial charge in [0.2, 0.25) is 11.9 Å². The summed E-state index contributed by atoms with van der Waals surface area (Å²) in [6.45, 7) is 0. The van der Waals surface area contributed by atoms with Crippen LogP contribution in [0.3, 0.4) is 0 Å². The van der Waals surface area contributed by atoms with Gasteiger partial charge in [-0.25, -0.2) is 5.84 Å². The first kappa shape index (κ1) is 9.36. The fourth-order valence-electron chi connectivity index (χ4n) is 1.84. The average molecular weight is 227 g/mol. The van der Waals surface area contributed by atoms with E-state index in [0.717, 1.165) is 11.1 Å². The Hall–Kier alpha value is -1.87. The lowest BCUT2D eigenvalue weighted by Gasteiger charge is -1.99. The smallest absolute Gasteiger partial charge is 0.205 e. The van der Waals surface area contributed by atoms with E-state index in [-0.39, 0.29) is 0 Å². The molecule has 16 heavy (non-hydrogen) atoms. The Morgan fingerprint density at radius 2 is 1.88 bits per heavy atom. The van der Waals surface area contributed by atoms with Crippen molar-refractivity contribution in [1.82, 2.24) is 0 Å². The summed E-state index contributed by atoms with van der Waals surface area (Å²) in [5.74, 6) is 6.00. The van der Waals surface area contributed by atoms with Gasteiger partial charge in [-0.15, -0.1) is 0 Å². The van der Waals surface area contributed by atoms with E-state index < -0.39 is 0 Å². The summed E-state index contributed by atoms with van der Waals surface area (Å²) in [5.41, 5.74) is 2.21. The van der Waals surface area contributed by atoms with E-state index in [1.54, 1.807) is 16.0 Å². The molecule has 0 fully saturated rings. The van der Waals surface area contributed by atoms with Crippen molar-refractivity contribution in [2.45, 2.75) is 0 Å². The number of fused-ring (bicyclic) bond motifs is 1. The van der Waals surface area contributed by atoms with Crippen molar-refractivity contribution < 1.29 is 4.68 Å². The molecule has 78 valence electrons.